The fraction of sp³-hybridized carbons (Fsp3) is 0.125. The Labute approximate surface area is 183 Å². The molecule has 0 unspecified atom stereocenters. The van der Waals surface area contributed by atoms with Crippen molar-refractivity contribution in [3.8, 4) is 11.5 Å². The highest BCUT2D eigenvalue weighted by atomic mass is 35.5. The number of rotatable bonds is 6. The molecule has 4 rings (SSSR count). The number of Topliss-reactive ketones (excluding diaryl/α,β-unsaturated/α-hetero) is 1. The van der Waals surface area contributed by atoms with Crippen molar-refractivity contribution in [2.45, 2.75) is 0 Å². The molecule has 0 aromatic heterocycles. The van der Waals surface area contributed by atoms with Gasteiger partial charge in [0.25, 0.3) is 0 Å². The molecule has 0 fully saturated rings. The third-order valence-corrected chi connectivity index (χ3v) is 4.95. The van der Waals surface area contributed by atoms with E-state index in [-0.39, 0.29) is 16.9 Å². The molecule has 1 heterocycles. The predicted molar refractivity (Wildman–Crippen MR) is 113 cm³/mol. The Kier molecular flexibility index (Phi) is 6.00. The zero-order valence-corrected chi connectivity index (χ0v) is 17.1. The molecule has 0 bridgehead atoms. The zero-order valence-electron chi connectivity index (χ0n) is 16.3. The lowest BCUT2D eigenvalue weighted by atomic mass is 9.98. The van der Waals surface area contributed by atoms with Crippen LogP contribution in [0.5, 0.6) is 11.5 Å². The van der Waals surface area contributed by atoms with Gasteiger partial charge in [-0.1, -0.05) is 29.8 Å². The maximum Gasteiger partial charge on any atom is 0.339 e. The Morgan fingerprint density at radius 1 is 0.806 bits per heavy atom. The number of carbonyl (C=O) groups is 3. The summed E-state index contributed by atoms with van der Waals surface area (Å²) in [5, 5.41) is 0.502. The van der Waals surface area contributed by atoms with Crippen molar-refractivity contribution in [3.63, 3.8) is 0 Å². The minimum atomic E-state index is -0.760. The minimum Gasteiger partial charge on any atom is -0.486 e. The fourth-order valence-corrected chi connectivity index (χ4v) is 3.25. The maximum absolute atomic E-state index is 12.8. The number of hydrogen-bond acceptors (Lipinski definition) is 6. The first kappa shape index (κ1) is 20.6. The lowest BCUT2D eigenvalue weighted by Crippen LogP contribution is -2.18. The number of ketones is 2. The largest absolute Gasteiger partial charge is 0.486 e. The van der Waals surface area contributed by atoms with Gasteiger partial charge in [-0.15, -0.1) is 0 Å². The molecule has 156 valence electrons. The average Bonchev–Trinajstić information content (AvgIpc) is 2.82. The van der Waals surface area contributed by atoms with Crippen molar-refractivity contribution < 1.29 is 28.6 Å². The minimum absolute atomic E-state index is 0.0809. The van der Waals surface area contributed by atoms with Gasteiger partial charge in [-0.25, -0.2) is 4.79 Å². The molecule has 0 spiro atoms. The first-order chi connectivity index (χ1) is 15.0. The molecule has 7 heteroatoms. The van der Waals surface area contributed by atoms with Gasteiger partial charge >= 0.3 is 5.97 Å². The summed E-state index contributed by atoms with van der Waals surface area (Å²) < 4.78 is 16.1. The number of ether oxygens (including phenoxy) is 3. The average molecular weight is 437 g/mol. The Bertz CT molecular complexity index is 1150. The van der Waals surface area contributed by atoms with Gasteiger partial charge in [0.05, 0.1) is 5.56 Å². The highest BCUT2D eigenvalue weighted by Crippen LogP contribution is 2.31. The molecule has 31 heavy (non-hydrogen) atoms. The van der Waals surface area contributed by atoms with Gasteiger partial charge in [-0.05, 0) is 48.5 Å². The lowest BCUT2D eigenvalue weighted by molar-refractivity contribution is 0.0472. The van der Waals surface area contributed by atoms with E-state index in [0.717, 1.165) is 0 Å². The van der Waals surface area contributed by atoms with Crippen molar-refractivity contribution in [2.24, 2.45) is 0 Å². The monoisotopic (exact) mass is 436 g/mol. The van der Waals surface area contributed by atoms with E-state index in [0.29, 0.717) is 40.9 Å². The van der Waals surface area contributed by atoms with E-state index in [4.69, 9.17) is 25.8 Å². The molecule has 0 N–H and O–H groups in total. The van der Waals surface area contributed by atoms with E-state index in [9.17, 15) is 14.4 Å². The van der Waals surface area contributed by atoms with Crippen LogP contribution in [0.25, 0.3) is 0 Å². The van der Waals surface area contributed by atoms with Gasteiger partial charge < -0.3 is 14.2 Å². The van der Waals surface area contributed by atoms with Crippen LogP contribution in [0.2, 0.25) is 5.02 Å². The van der Waals surface area contributed by atoms with Crippen molar-refractivity contribution in [1.82, 2.24) is 0 Å². The van der Waals surface area contributed by atoms with Crippen molar-refractivity contribution >= 4 is 29.1 Å². The number of esters is 1. The molecule has 0 amide bonds. The fourth-order valence-electron chi connectivity index (χ4n) is 3.12. The number of fused-ring (bicyclic) bond motifs is 1. The second-order valence-corrected chi connectivity index (χ2v) is 7.18. The van der Waals surface area contributed by atoms with Crippen LogP contribution in [0.15, 0.2) is 66.7 Å². The topological polar surface area (TPSA) is 78.9 Å². The normalized spacial score (nSPS) is 12.2. The number of benzene rings is 3. The molecule has 0 aliphatic carbocycles. The first-order valence-corrected chi connectivity index (χ1v) is 9.90. The summed E-state index contributed by atoms with van der Waals surface area (Å²) in [6, 6.07) is 17.4. The molecule has 1 aliphatic heterocycles. The summed E-state index contributed by atoms with van der Waals surface area (Å²) in [5.74, 6) is -0.463. The summed E-state index contributed by atoms with van der Waals surface area (Å²) in [6.45, 7) is 0.381. The SMILES string of the molecule is O=C(COC(=O)c1ccccc1C(=O)c1ccc(Cl)cc1)c1ccc2c(c1)OCCO2. The van der Waals surface area contributed by atoms with E-state index in [1.165, 1.54) is 12.1 Å². The maximum atomic E-state index is 12.8. The third-order valence-electron chi connectivity index (χ3n) is 4.70. The Morgan fingerprint density at radius 3 is 2.19 bits per heavy atom. The van der Waals surface area contributed by atoms with Crippen LogP contribution in [0, 0.1) is 0 Å². The quantitative estimate of drug-likeness (QED) is 0.421. The van der Waals surface area contributed by atoms with Gasteiger partial charge in [0.2, 0.25) is 0 Å². The van der Waals surface area contributed by atoms with Crippen molar-refractivity contribution in [2.75, 3.05) is 19.8 Å². The lowest BCUT2D eigenvalue weighted by Gasteiger charge is -2.18. The second-order valence-electron chi connectivity index (χ2n) is 6.74. The van der Waals surface area contributed by atoms with E-state index in [1.807, 2.05) is 0 Å². The molecule has 0 saturated heterocycles. The molecule has 3 aromatic rings. The highest BCUT2D eigenvalue weighted by molar-refractivity contribution is 6.30. The van der Waals surface area contributed by atoms with Crippen LogP contribution < -0.4 is 9.47 Å². The number of carbonyl (C=O) groups excluding carboxylic acids is 3. The third kappa shape index (κ3) is 4.59. The Balaban J connectivity index is 1.47. The number of halogens is 1. The van der Waals surface area contributed by atoms with E-state index >= 15 is 0 Å². The first-order valence-electron chi connectivity index (χ1n) is 9.52. The summed E-state index contributed by atoms with van der Waals surface area (Å²) in [7, 11) is 0. The van der Waals surface area contributed by atoms with Crippen LogP contribution in [0.4, 0.5) is 0 Å². The molecular weight excluding hydrogens is 420 g/mol. The van der Waals surface area contributed by atoms with Gasteiger partial charge in [-0.3, -0.25) is 9.59 Å². The summed E-state index contributed by atoms with van der Waals surface area (Å²) in [4.78, 5) is 38.0. The summed E-state index contributed by atoms with van der Waals surface area (Å²) >= 11 is 5.87. The van der Waals surface area contributed by atoms with Gasteiger partial charge in [0, 0.05) is 21.7 Å². The molecule has 0 radical (unpaired) electrons. The molecule has 6 nitrogen and oxygen atoms in total. The standard InChI is InChI=1S/C24H17ClO6/c25-17-8-5-15(6-9-17)23(27)18-3-1-2-4-19(18)24(28)31-14-20(26)16-7-10-21-22(13-16)30-12-11-29-21/h1-10,13H,11-12,14H2. The predicted octanol–water partition coefficient (Wildman–Crippen LogP) is 4.38. The molecule has 0 atom stereocenters. The van der Waals surface area contributed by atoms with Gasteiger partial charge in [0.15, 0.2) is 29.7 Å². The highest BCUT2D eigenvalue weighted by Gasteiger charge is 2.21. The zero-order chi connectivity index (χ0) is 21.8. The second kappa shape index (κ2) is 9.02. The van der Waals surface area contributed by atoms with Crippen LogP contribution in [-0.2, 0) is 4.74 Å². The van der Waals surface area contributed by atoms with Gasteiger partial charge in [0.1, 0.15) is 13.2 Å². The van der Waals surface area contributed by atoms with Crippen LogP contribution in [0.3, 0.4) is 0 Å². The van der Waals surface area contributed by atoms with Crippen LogP contribution in [-0.4, -0.2) is 37.4 Å². The van der Waals surface area contributed by atoms with E-state index in [1.54, 1.807) is 54.6 Å². The molecule has 1 aliphatic rings. The van der Waals surface area contributed by atoms with Crippen molar-refractivity contribution in [3.05, 3.63) is 94.0 Å². The van der Waals surface area contributed by atoms with Gasteiger partial charge in [-0.2, -0.15) is 0 Å². The van der Waals surface area contributed by atoms with Crippen LogP contribution >= 0.6 is 11.6 Å². The molecule has 0 saturated carbocycles. The smallest absolute Gasteiger partial charge is 0.339 e. The van der Waals surface area contributed by atoms with Crippen LogP contribution in [0.1, 0.15) is 36.6 Å². The molecule has 3 aromatic carbocycles. The Morgan fingerprint density at radius 2 is 1.45 bits per heavy atom. The van der Waals surface area contributed by atoms with E-state index < -0.39 is 18.4 Å². The molecular formula is C24H17ClO6. The summed E-state index contributed by atoms with van der Waals surface area (Å²) in [6.07, 6.45) is 0. The summed E-state index contributed by atoms with van der Waals surface area (Å²) in [5.41, 5.74) is 0.985. The van der Waals surface area contributed by atoms with E-state index in [2.05, 4.69) is 0 Å². The van der Waals surface area contributed by atoms with Crippen molar-refractivity contribution in [1.29, 1.82) is 0 Å². The Hall–Kier alpha value is -3.64. The number of hydrogen-bond donors (Lipinski definition) is 0.